The number of amides is 1. The van der Waals surface area contributed by atoms with Crippen LogP contribution in [-0.4, -0.2) is 61.0 Å². The third-order valence-electron chi connectivity index (χ3n) is 5.94. The van der Waals surface area contributed by atoms with Crippen LogP contribution in [0, 0.1) is 6.92 Å². The normalized spacial score (nSPS) is 19.0. The van der Waals surface area contributed by atoms with Crippen molar-refractivity contribution in [3.05, 3.63) is 47.7 Å². The average Bonchev–Trinajstić information content (AvgIpc) is 3.07. The molecule has 1 N–H and O–H groups in total. The number of nitrogens with one attached hydrogen (secondary N) is 1. The molecule has 7 heteroatoms. The number of likely N-dealkylation sites (N-methyl/N-ethyl adjacent to an activating group) is 1. The zero-order chi connectivity index (χ0) is 18.1. The highest BCUT2D eigenvalue weighted by atomic mass is 35.5. The maximum atomic E-state index is 13.4. The highest BCUT2D eigenvalue weighted by molar-refractivity contribution is 6.00. The molecule has 154 valence electrons. The van der Waals surface area contributed by atoms with E-state index in [4.69, 9.17) is 4.42 Å². The maximum absolute atomic E-state index is 13.4. The van der Waals surface area contributed by atoms with Crippen LogP contribution in [0.4, 0.5) is 0 Å². The molecule has 1 aromatic carbocycles. The highest BCUT2D eigenvalue weighted by Gasteiger charge is 2.42. The van der Waals surface area contributed by atoms with Gasteiger partial charge in [0.2, 0.25) is 0 Å². The number of rotatable bonds is 2. The van der Waals surface area contributed by atoms with Gasteiger partial charge in [0.15, 0.2) is 0 Å². The first kappa shape index (κ1) is 22.8. The van der Waals surface area contributed by atoms with Crippen LogP contribution in [0.1, 0.15) is 29.0 Å². The summed E-state index contributed by atoms with van der Waals surface area (Å²) in [6.07, 6.45) is 2.17. The number of nitrogens with zero attached hydrogens (tertiary/aromatic N) is 2. The Labute approximate surface area is 179 Å². The number of furan rings is 1. The second-order valence-electron chi connectivity index (χ2n) is 7.59. The summed E-state index contributed by atoms with van der Waals surface area (Å²) in [5.74, 6) is 1.55. The van der Waals surface area contributed by atoms with Gasteiger partial charge in [-0.25, -0.2) is 0 Å². The van der Waals surface area contributed by atoms with Crippen LogP contribution in [0.15, 0.2) is 40.8 Å². The number of piperidine rings is 1. The molecule has 4 rings (SSSR count). The maximum Gasteiger partial charge on any atom is 0.257 e. The summed E-state index contributed by atoms with van der Waals surface area (Å²) < 4.78 is 5.90. The van der Waals surface area contributed by atoms with E-state index in [0.717, 1.165) is 56.9 Å². The summed E-state index contributed by atoms with van der Waals surface area (Å²) in [5, 5.41) is 3.44. The Balaban J connectivity index is 0.00000140. The molecule has 0 bridgehead atoms. The van der Waals surface area contributed by atoms with Gasteiger partial charge < -0.3 is 14.6 Å². The van der Waals surface area contributed by atoms with Crippen LogP contribution in [0.25, 0.3) is 11.3 Å². The van der Waals surface area contributed by atoms with Gasteiger partial charge in [-0.3, -0.25) is 9.69 Å². The lowest BCUT2D eigenvalue weighted by atomic mass is 9.84. The number of hydrogen-bond acceptors (Lipinski definition) is 4. The molecule has 2 aliphatic heterocycles. The van der Waals surface area contributed by atoms with E-state index in [0.29, 0.717) is 11.3 Å². The molecule has 0 unspecified atom stereocenters. The first-order valence-electron chi connectivity index (χ1n) is 9.46. The molecule has 0 saturated carbocycles. The molecule has 2 aliphatic rings. The van der Waals surface area contributed by atoms with Gasteiger partial charge in [0.1, 0.15) is 11.5 Å². The monoisotopic (exact) mass is 425 g/mol. The van der Waals surface area contributed by atoms with E-state index in [1.807, 2.05) is 48.2 Å². The van der Waals surface area contributed by atoms with Gasteiger partial charge in [-0.1, -0.05) is 30.3 Å². The summed E-state index contributed by atoms with van der Waals surface area (Å²) in [7, 11) is 2.20. The van der Waals surface area contributed by atoms with Crippen LogP contribution in [0.3, 0.4) is 0 Å². The Morgan fingerprint density at radius 2 is 1.79 bits per heavy atom. The van der Waals surface area contributed by atoms with Gasteiger partial charge in [0.25, 0.3) is 5.91 Å². The molecular formula is C21H29Cl2N3O2. The summed E-state index contributed by atoms with van der Waals surface area (Å²) in [5.41, 5.74) is 1.74. The molecule has 2 saturated heterocycles. The fourth-order valence-electron chi connectivity index (χ4n) is 4.32. The van der Waals surface area contributed by atoms with Crippen molar-refractivity contribution in [2.45, 2.75) is 25.3 Å². The number of carbonyl (C=O) groups is 1. The van der Waals surface area contributed by atoms with Crippen LogP contribution in [0.2, 0.25) is 0 Å². The average molecular weight is 426 g/mol. The fraction of sp³-hybridized carbons (Fsp3) is 0.476. The molecule has 3 heterocycles. The number of benzene rings is 1. The molecule has 1 amide bonds. The van der Waals surface area contributed by atoms with Gasteiger partial charge in [0.05, 0.1) is 5.56 Å². The van der Waals surface area contributed by atoms with E-state index in [-0.39, 0.29) is 36.3 Å². The molecule has 28 heavy (non-hydrogen) atoms. The minimum atomic E-state index is 0. The lowest BCUT2D eigenvalue weighted by molar-refractivity contribution is -0.000964. The van der Waals surface area contributed by atoms with E-state index < -0.39 is 0 Å². The lowest BCUT2D eigenvalue weighted by Crippen LogP contribution is -2.64. The number of carbonyl (C=O) groups excluding carboxylic acids is 1. The second kappa shape index (κ2) is 9.31. The van der Waals surface area contributed by atoms with Gasteiger partial charge >= 0.3 is 0 Å². The fourth-order valence-corrected chi connectivity index (χ4v) is 4.32. The summed E-state index contributed by atoms with van der Waals surface area (Å²) in [6, 6.07) is 11.8. The van der Waals surface area contributed by atoms with E-state index in [1.54, 1.807) is 0 Å². The first-order chi connectivity index (χ1) is 12.6. The predicted octanol–water partition coefficient (Wildman–Crippen LogP) is 3.61. The van der Waals surface area contributed by atoms with Crippen molar-refractivity contribution < 1.29 is 9.21 Å². The van der Waals surface area contributed by atoms with Crippen molar-refractivity contribution >= 4 is 30.7 Å². The van der Waals surface area contributed by atoms with Gasteiger partial charge in [-0.2, -0.15) is 0 Å². The summed E-state index contributed by atoms with van der Waals surface area (Å²) in [4.78, 5) is 17.9. The van der Waals surface area contributed by atoms with Crippen molar-refractivity contribution in [2.24, 2.45) is 0 Å². The Bertz CT molecular complexity index is 788. The molecule has 1 spiro atoms. The molecule has 2 fully saturated rings. The predicted molar refractivity (Wildman–Crippen MR) is 117 cm³/mol. The topological polar surface area (TPSA) is 48.7 Å². The standard InChI is InChI=1S/C21H27N3O2.2ClH/c1-16-14-18(19(26-16)17-6-4-3-5-7-17)20(25)24-13-12-23(2)21(15-24)8-10-22-11-9-21;;/h3-7,14,22H,8-13,15H2,1-2H3;2*1H. The third kappa shape index (κ3) is 4.23. The Kier molecular flexibility index (Phi) is 7.57. The Morgan fingerprint density at radius 1 is 1.11 bits per heavy atom. The molecule has 5 nitrogen and oxygen atoms in total. The minimum absolute atomic E-state index is 0. The first-order valence-corrected chi connectivity index (χ1v) is 9.46. The smallest absolute Gasteiger partial charge is 0.257 e. The van der Waals surface area contributed by atoms with Crippen molar-refractivity contribution in [1.29, 1.82) is 0 Å². The molecule has 1 aromatic heterocycles. The second-order valence-corrected chi connectivity index (χ2v) is 7.59. The van der Waals surface area contributed by atoms with E-state index in [9.17, 15) is 4.79 Å². The quantitative estimate of drug-likeness (QED) is 0.797. The van der Waals surface area contributed by atoms with Crippen molar-refractivity contribution in [3.8, 4) is 11.3 Å². The Hall–Kier alpha value is -1.53. The van der Waals surface area contributed by atoms with E-state index in [2.05, 4.69) is 17.3 Å². The van der Waals surface area contributed by atoms with Crippen molar-refractivity contribution in [3.63, 3.8) is 0 Å². The molecule has 0 aliphatic carbocycles. The zero-order valence-electron chi connectivity index (χ0n) is 16.4. The zero-order valence-corrected chi connectivity index (χ0v) is 18.1. The van der Waals surface area contributed by atoms with E-state index >= 15 is 0 Å². The van der Waals surface area contributed by atoms with Crippen LogP contribution in [-0.2, 0) is 0 Å². The van der Waals surface area contributed by atoms with E-state index in [1.165, 1.54) is 0 Å². The number of hydrogen-bond donors (Lipinski definition) is 1. The molecular weight excluding hydrogens is 397 g/mol. The SMILES string of the molecule is Cc1cc(C(=O)N2CCN(C)C3(CCNCC3)C2)c(-c2ccccc2)o1.Cl.Cl. The number of halogens is 2. The number of piperazine rings is 1. The van der Waals surface area contributed by atoms with Crippen LogP contribution >= 0.6 is 24.8 Å². The highest BCUT2D eigenvalue weighted by Crippen LogP contribution is 2.32. The van der Waals surface area contributed by atoms with Gasteiger partial charge in [0, 0.05) is 30.7 Å². The lowest BCUT2D eigenvalue weighted by Gasteiger charge is -2.51. The van der Waals surface area contributed by atoms with Crippen LogP contribution < -0.4 is 5.32 Å². The Morgan fingerprint density at radius 3 is 2.46 bits per heavy atom. The molecule has 0 radical (unpaired) electrons. The summed E-state index contributed by atoms with van der Waals surface area (Å²) in [6.45, 7) is 6.43. The molecule has 2 aromatic rings. The van der Waals surface area contributed by atoms with Crippen LogP contribution in [0.5, 0.6) is 0 Å². The van der Waals surface area contributed by atoms with Crippen molar-refractivity contribution in [2.75, 3.05) is 39.8 Å². The minimum Gasteiger partial charge on any atom is -0.461 e. The molecule has 0 atom stereocenters. The summed E-state index contributed by atoms with van der Waals surface area (Å²) >= 11 is 0. The largest absolute Gasteiger partial charge is 0.461 e. The third-order valence-corrected chi connectivity index (χ3v) is 5.94. The van der Waals surface area contributed by atoms with Gasteiger partial charge in [-0.15, -0.1) is 24.8 Å². The van der Waals surface area contributed by atoms with Crippen molar-refractivity contribution in [1.82, 2.24) is 15.1 Å². The number of aryl methyl sites for hydroxylation is 1. The van der Waals surface area contributed by atoms with Gasteiger partial charge in [-0.05, 0) is 46.0 Å².